The number of imidazole rings is 1. The Bertz CT molecular complexity index is 374. The molecule has 1 rings (SSSR count). The number of nitrogens with zero attached hydrogens (tertiary/aromatic N) is 3. The van der Waals surface area contributed by atoms with E-state index in [0.29, 0.717) is 19.7 Å². The highest BCUT2D eigenvalue weighted by Crippen LogP contribution is 1.98. The minimum absolute atomic E-state index is 0.126. The molecule has 0 fully saturated rings. The molecule has 0 bridgehead atoms. The van der Waals surface area contributed by atoms with Gasteiger partial charge in [-0.05, 0) is 13.8 Å². The summed E-state index contributed by atoms with van der Waals surface area (Å²) in [5.41, 5.74) is 0.934. The number of rotatable bonds is 9. The highest BCUT2D eigenvalue weighted by molar-refractivity contribution is 5.75. The van der Waals surface area contributed by atoms with Gasteiger partial charge in [0.25, 0.3) is 0 Å². The van der Waals surface area contributed by atoms with Crippen molar-refractivity contribution in [2.75, 3.05) is 33.4 Å². The Labute approximate surface area is 114 Å². The van der Waals surface area contributed by atoms with E-state index in [-0.39, 0.29) is 5.91 Å². The van der Waals surface area contributed by atoms with Crippen LogP contribution in [0.5, 0.6) is 0 Å². The second-order valence-corrected chi connectivity index (χ2v) is 4.27. The van der Waals surface area contributed by atoms with Crippen LogP contribution in [0.4, 0.5) is 0 Å². The third-order valence-electron chi connectivity index (χ3n) is 2.91. The van der Waals surface area contributed by atoms with Crippen LogP contribution in [-0.4, -0.2) is 53.7 Å². The van der Waals surface area contributed by atoms with Gasteiger partial charge >= 0.3 is 0 Å². The van der Waals surface area contributed by atoms with E-state index < -0.39 is 0 Å². The molecule has 1 heterocycles. The molecule has 0 aliphatic carbocycles. The maximum Gasteiger partial charge on any atom is 0.242 e. The van der Waals surface area contributed by atoms with E-state index in [4.69, 9.17) is 4.74 Å². The van der Waals surface area contributed by atoms with Crippen molar-refractivity contribution in [1.29, 1.82) is 0 Å². The monoisotopic (exact) mass is 268 g/mol. The topological polar surface area (TPSA) is 59.4 Å². The van der Waals surface area contributed by atoms with Crippen molar-refractivity contribution >= 4 is 5.91 Å². The Kier molecular flexibility index (Phi) is 7.14. The van der Waals surface area contributed by atoms with Crippen molar-refractivity contribution in [3.05, 3.63) is 18.2 Å². The molecule has 0 radical (unpaired) electrons. The Balaban J connectivity index is 2.39. The first-order valence-corrected chi connectivity index (χ1v) is 6.69. The summed E-state index contributed by atoms with van der Waals surface area (Å²) in [4.78, 5) is 18.0. The fourth-order valence-corrected chi connectivity index (χ4v) is 1.81. The van der Waals surface area contributed by atoms with E-state index in [0.717, 1.165) is 25.3 Å². The van der Waals surface area contributed by atoms with Crippen molar-refractivity contribution in [2.45, 2.75) is 26.9 Å². The number of likely N-dealkylation sites (N-methyl/N-ethyl adjacent to an activating group) is 1. The molecule has 1 aromatic rings. The minimum atomic E-state index is 0.126. The smallest absolute Gasteiger partial charge is 0.242 e. The summed E-state index contributed by atoms with van der Waals surface area (Å²) >= 11 is 0. The van der Waals surface area contributed by atoms with E-state index in [2.05, 4.69) is 10.3 Å². The molecule has 0 spiro atoms. The lowest BCUT2D eigenvalue weighted by molar-refractivity contribution is -0.131. The third-order valence-corrected chi connectivity index (χ3v) is 2.91. The number of aromatic nitrogens is 2. The fraction of sp³-hybridized carbons (Fsp3) is 0.692. The van der Waals surface area contributed by atoms with E-state index >= 15 is 0 Å². The molecular formula is C13H24N4O2. The lowest BCUT2D eigenvalue weighted by atomic mass is 10.4. The first-order chi connectivity index (χ1) is 9.21. The second kappa shape index (κ2) is 8.66. The summed E-state index contributed by atoms with van der Waals surface area (Å²) in [6.45, 7) is 7.98. The summed E-state index contributed by atoms with van der Waals surface area (Å²) in [5, 5.41) is 3.22. The van der Waals surface area contributed by atoms with Crippen molar-refractivity contribution in [1.82, 2.24) is 19.8 Å². The standard InChI is InChI=1S/C13H24N4O2/c1-4-17(5-2)13(18)10-16-9-12(15-11-16)8-14-6-7-19-3/h9,11,14H,4-8,10H2,1-3H3. The summed E-state index contributed by atoms with van der Waals surface area (Å²) in [6, 6.07) is 0. The largest absolute Gasteiger partial charge is 0.383 e. The van der Waals surface area contributed by atoms with Crippen LogP contribution in [0.15, 0.2) is 12.5 Å². The Morgan fingerprint density at radius 1 is 1.47 bits per heavy atom. The van der Waals surface area contributed by atoms with Crippen LogP contribution in [-0.2, 0) is 22.6 Å². The van der Waals surface area contributed by atoms with Crippen LogP contribution >= 0.6 is 0 Å². The molecule has 0 atom stereocenters. The van der Waals surface area contributed by atoms with Gasteiger partial charge in [0, 0.05) is 39.5 Å². The number of nitrogens with one attached hydrogen (secondary N) is 1. The summed E-state index contributed by atoms with van der Waals surface area (Å²) in [6.07, 6.45) is 3.61. The molecule has 108 valence electrons. The van der Waals surface area contributed by atoms with Crippen LogP contribution in [0.2, 0.25) is 0 Å². The molecule has 0 aliphatic heterocycles. The van der Waals surface area contributed by atoms with Crippen LogP contribution < -0.4 is 5.32 Å². The molecule has 6 heteroatoms. The summed E-state index contributed by atoms with van der Waals surface area (Å²) in [5.74, 6) is 0.126. The Morgan fingerprint density at radius 2 is 2.21 bits per heavy atom. The van der Waals surface area contributed by atoms with Gasteiger partial charge in [0.15, 0.2) is 0 Å². The van der Waals surface area contributed by atoms with Crippen LogP contribution in [0.3, 0.4) is 0 Å². The minimum Gasteiger partial charge on any atom is -0.383 e. The van der Waals surface area contributed by atoms with Gasteiger partial charge in [0.1, 0.15) is 6.54 Å². The highest BCUT2D eigenvalue weighted by Gasteiger charge is 2.10. The van der Waals surface area contributed by atoms with E-state index in [1.807, 2.05) is 29.5 Å². The number of ether oxygens (including phenoxy) is 1. The van der Waals surface area contributed by atoms with Crippen molar-refractivity contribution in [3.8, 4) is 0 Å². The molecule has 0 aliphatic rings. The van der Waals surface area contributed by atoms with Gasteiger partial charge in [-0.25, -0.2) is 4.98 Å². The van der Waals surface area contributed by atoms with E-state index in [9.17, 15) is 4.79 Å². The van der Waals surface area contributed by atoms with Crippen molar-refractivity contribution in [2.24, 2.45) is 0 Å². The zero-order chi connectivity index (χ0) is 14.1. The van der Waals surface area contributed by atoms with Crippen LogP contribution in [0.25, 0.3) is 0 Å². The van der Waals surface area contributed by atoms with Gasteiger partial charge in [-0.3, -0.25) is 4.79 Å². The fourth-order valence-electron chi connectivity index (χ4n) is 1.81. The van der Waals surface area contributed by atoms with Crippen molar-refractivity contribution in [3.63, 3.8) is 0 Å². The number of hydrogen-bond acceptors (Lipinski definition) is 4. The predicted octanol–water partition coefficient (Wildman–Crippen LogP) is 0.488. The number of hydrogen-bond donors (Lipinski definition) is 1. The Morgan fingerprint density at radius 3 is 2.84 bits per heavy atom. The Hall–Kier alpha value is -1.40. The van der Waals surface area contributed by atoms with Gasteiger partial charge < -0.3 is 19.5 Å². The van der Waals surface area contributed by atoms with Crippen LogP contribution in [0.1, 0.15) is 19.5 Å². The second-order valence-electron chi connectivity index (χ2n) is 4.27. The average molecular weight is 268 g/mol. The number of methoxy groups -OCH3 is 1. The quantitative estimate of drug-likeness (QED) is 0.662. The van der Waals surface area contributed by atoms with E-state index in [1.165, 1.54) is 0 Å². The summed E-state index contributed by atoms with van der Waals surface area (Å²) < 4.78 is 6.78. The molecule has 0 aromatic carbocycles. The molecule has 6 nitrogen and oxygen atoms in total. The maximum absolute atomic E-state index is 11.9. The third kappa shape index (κ3) is 5.40. The summed E-state index contributed by atoms with van der Waals surface area (Å²) in [7, 11) is 1.68. The maximum atomic E-state index is 11.9. The lowest BCUT2D eigenvalue weighted by Gasteiger charge is -2.18. The van der Waals surface area contributed by atoms with Gasteiger partial charge in [-0.2, -0.15) is 0 Å². The molecule has 0 unspecified atom stereocenters. The number of carbonyl (C=O) groups excluding carboxylic acids is 1. The molecule has 0 saturated heterocycles. The molecule has 1 aromatic heterocycles. The van der Waals surface area contributed by atoms with Crippen molar-refractivity contribution < 1.29 is 9.53 Å². The highest BCUT2D eigenvalue weighted by atomic mass is 16.5. The molecule has 0 saturated carbocycles. The molecule has 1 amide bonds. The first-order valence-electron chi connectivity index (χ1n) is 6.69. The van der Waals surface area contributed by atoms with E-state index in [1.54, 1.807) is 13.4 Å². The first kappa shape index (κ1) is 15.7. The lowest BCUT2D eigenvalue weighted by Crippen LogP contribution is -2.33. The number of amides is 1. The SMILES string of the molecule is CCN(CC)C(=O)Cn1cnc(CNCCOC)c1. The van der Waals surface area contributed by atoms with Gasteiger partial charge in [0.05, 0.1) is 18.6 Å². The zero-order valence-corrected chi connectivity index (χ0v) is 12.1. The van der Waals surface area contributed by atoms with Gasteiger partial charge in [0.2, 0.25) is 5.91 Å². The molecule has 19 heavy (non-hydrogen) atoms. The normalized spacial score (nSPS) is 10.7. The molecular weight excluding hydrogens is 244 g/mol. The predicted molar refractivity (Wildman–Crippen MR) is 73.7 cm³/mol. The zero-order valence-electron chi connectivity index (χ0n) is 12.1. The number of carbonyl (C=O) groups is 1. The average Bonchev–Trinajstić information content (AvgIpc) is 2.84. The van der Waals surface area contributed by atoms with Crippen LogP contribution in [0, 0.1) is 0 Å². The molecule has 1 N–H and O–H groups in total. The van der Waals surface area contributed by atoms with Gasteiger partial charge in [-0.1, -0.05) is 0 Å². The van der Waals surface area contributed by atoms with Gasteiger partial charge in [-0.15, -0.1) is 0 Å².